The van der Waals surface area contributed by atoms with Crippen LogP contribution in [0.2, 0.25) is 0 Å². The largest absolute Gasteiger partial charge is 2.00 e. The van der Waals surface area contributed by atoms with Crippen LogP contribution in [0.1, 0.15) is 38.5 Å². The molecule has 0 fully saturated rings. The van der Waals surface area contributed by atoms with E-state index in [2.05, 4.69) is 0 Å². The minimum Gasteiger partial charge on any atom is -0.549 e. The van der Waals surface area contributed by atoms with E-state index >= 15 is 0 Å². The topological polar surface area (TPSA) is 288 Å². The Hall–Kier alpha value is -2.85. The van der Waals surface area contributed by atoms with Gasteiger partial charge in [0.15, 0.2) is 0 Å². The number of carbonyl (C=O) groups is 6. The van der Waals surface area contributed by atoms with E-state index in [1.165, 1.54) is 0 Å². The summed E-state index contributed by atoms with van der Waals surface area (Å²) in [6.07, 6.45) is 2.44. The van der Waals surface area contributed by atoms with Crippen LogP contribution in [0.5, 0.6) is 0 Å². The Morgan fingerprint density at radius 1 is 0.595 bits per heavy atom. The van der Waals surface area contributed by atoms with Gasteiger partial charge in [-0.1, -0.05) is 12.8 Å². The third kappa shape index (κ3) is 21.0. The summed E-state index contributed by atoms with van der Waals surface area (Å²) in [5.41, 5.74) is 10.5. The van der Waals surface area contributed by atoms with Crippen LogP contribution in [-0.2, 0) is 45.3 Å². The summed E-state index contributed by atoms with van der Waals surface area (Å²) in [6, 6.07) is -2.32. The summed E-state index contributed by atoms with van der Waals surface area (Å²) >= 11 is 0. The van der Waals surface area contributed by atoms with Gasteiger partial charge in [0.05, 0.1) is 25.0 Å². The van der Waals surface area contributed by atoms with Gasteiger partial charge in [-0.15, -0.1) is 0 Å². The minimum absolute atomic E-state index is 0. The van der Waals surface area contributed by atoms with Crippen molar-refractivity contribution in [2.75, 3.05) is 39.3 Å². The molecule has 0 saturated heterocycles. The van der Waals surface area contributed by atoms with Gasteiger partial charge < -0.3 is 51.7 Å². The van der Waals surface area contributed by atoms with Crippen molar-refractivity contribution in [2.24, 2.45) is 11.5 Å². The number of hydrogen-bond donors (Lipinski definition) is 6. The van der Waals surface area contributed by atoms with Crippen molar-refractivity contribution in [3.63, 3.8) is 0 Å². The van der Waals surface area contributed by atoms with Crippen LogP contribution >= 0.6 is 0 Å². The smallest absolute Gasteiger partial charge is 0.549 e. The van der Waals surface area contributed by atoms with Crippen LogP contribution in [0, 0.1) is 0 Å². The van der Waals surface area contributed by atoms with Gasteiger partial charge in [-0.25, -0.2) is 0 Å². The van der Waals surface area contributed by atoms with Gasteiger partial charge in [-0.3, -0.25) is 29.0 Å². The first-order valence-electron chi connectivity index (χ1n) is 10.9. The molecule has 0 spiro atoms. The Kier molecular flexibility index (Phi) is 23.4. The maximum absolute atomic E-state index is 11.0. The molecular weight excluding hydrogens is 547 g/mol. The van der Waals surface area contributed by atoms with Crippen LogP contribution in [0.25, 0.3) is 0 Å². The van der Waals surface area contributed by atoms with Gasteiger partial charge in [0.1, 0.15) is 12.1 Å². The molecule has 16 nitrogen and oxygen atoms in total. The standard InChI is InChI=1S/2C10H18N2O6.Ni/c2*11-4-2-1-3-7(10(17)18)12(5-8(13)14)6-9(15)16;/h2*7H,1-6,11H2,(H,13,14)(H,15,16)(H,17,18);/q;;+2/p-2. The molecule has 37 heavy (non-hydrogen) atoms. The van der Waals surface area contributed by atoms with Crippen molar-refractivity contribution in [3.8, 4) is 0 Å². The predicted octanol–water partition coefficient (Wildman–Crippen LogP) is -4.59. The summed E-state index contributed by atoms with van der Waals surface area (Å²) in [5, 5.41) is 56.2. The minimum atomic E-state index is -1.51. The van der Waals surface area contributed by atoms with Crippen molar-refractivity contribution in [2.45, 2.75) is 50.6 Å². The number of rotatable bonds is 20. The molecule has 0 aliphatic heterocycles. The quantitative estimate of drug-likeness (QED) is 0.0582. The summed E-state index contributed by atoms with van der Waals surface area (Å²) < 4.78 is 0. The van der Waals surface area contributed by atoms with Crippen molar-refractivity contribution in [3.05, 3.63) is 0 Å². The molecule has 0 bridgehead atoms. The molecule has 0 heterocycles. The molecule has 0 radical (unpaired) electrons. The Morgan fingerprint density at radius 2 is 0.892 bits per heavy atom. The van der Waals surface area contributed by atoms with Crippen molar-refractivity contribution in [1.29, 1.82) is 0 Å². The van der Waals surface area contributed by atoms with Crippen LogP contribution in [0.15, 0.2) is 0 Å². The first kappa shape index (κ1) is 38.7. The number of hydrogen-bond acceptors (Lipinski definition) is 12. The van der Waals surface area contributed by atoms with Crippen LogP contribution in [0.4, 0.5) is 0 Å². The van der Waals surface area contributed by atoms with E-state index in [-0.39, 0.29) is 29.3 Å². The van der Waals surface area contributed by atoms with Crippen molar-refractivity contribution < 1.29 is 75.9 Å². The fourth-order valence-corrected chi connectivity index (χ4v) is 3.12. The second-order valence-electron chi connectivity index (χ2n) is 7.62. The maximum atomic E-state index is 11.0. The van der Waals surface area contributed by atoms with Gasteiger partial charge in [-0.05, 0) is 38.8 Å². The second kappa shape index (κ2) is 22.4. The normalized spacial score (nSPS) is 12.0. The summed E-state index contributed by atoms with van der Waals surface area (Å²) in [4.78, 5) is 65.9. The first-order chi connectivity index (χ1) is 16.8. The fraction of sp³-hybridized carbons (Fsp3) is 0.700. The third-order valence-electron chi connectivity index (χ3n) is 4.66. The van der Waals surface area contributed by atoms with E-state index in [0.29, 0.717) is 38.8 Å². The predicted molar refractivity (Wildman–Crippen MR) is 117 cm³/mol. The summed E-state index contributed by atoms with van der Waals surface area (Å²) in [5.74, 6) is -8.12. The summed E-state index contributed by atoms with van der Waals surface area (Å²) in [7, 11) is 0. The number of carboxylic acids is 6. The molecule has 0 rings (SSSR count). The Balaban J connectivity index is -0.000000608. The van der Waals surface area contributed by atoms with Crippen LogP contribution in [0.3, 0.4) is 0 Å². The number of aliphatic carboxylic acids is 6. The van der Waals surface area contributed by atoms with Crippen LogP contribution in [-0.4, -0.2) is 117 Å². The third-order valence-corrected chi connectivity index (χ3v) is 4.66. The molecule has 216 valence electrons. The number of carboxylic acid groups (broad SMARTS) is 6. The van der Waals surface area contributed by atoms with E-state index in [9.17, 15) is 39.0 Å². The second-order valence-corrected chi connectivity index (χ2v) is 7.62. The molecule has 0 aromatic heterocycles. The monoisotopic (exact) mass is 580 g/mol. The van der Waals surface area contributed by atoms with Gasteiger partial charge >= 0.3 is 40.4 Å². The Bertz CT molecular complexity index is 648. The molecule has 0 amide bonds. The van der Waals surface area contributed by atoms with E-state index < -0.39 is 74.1 Å². The van der Waals surface area contributed by atoms with Gasteiger partial charge in [0, 0.05) is 13.1 Å². The number of unbranched alkanes of at least 4 members (excludes halogenated alkanes) is 2. The van der Waals surface area contributed by atoms with E-state index in [4.69, 9.17) is 31.9 Å². The maximum Gasteiger partial charge on any atom is 2.00 e. The number of nitrogens with zero attached hydrogens (tertiary/aromatic N) is 2. The zero-order valence-corrected chi connectivity index (χ0v) is 21.0. The van der Waals surface area contributed by atoms with Crippen LogP contribution < -0.4 is 21.7 Å². The van der Waals surface area contributed by atoms with Crippen molar-refractivity contribution >= 4 is 35.8 Å². The fourth-order valence-electron chi connectivity index (χ4n) is 3.12. The molecule has 2 unspecified atom stereocenters. The van der Waals surface area contributed by atoms with Crippen molar-refractivity contribution in [1.82, 2.24) is 9.80 Å². The molecule has 17 heteroatoms. The zero-order chi connectivity index (χ0) is 28.3. The molecule has 0 aliphatic carbocycles. The molecular formula is C20H34N4NiO12. The average Bonchev–Trinajstić information content (AvgIpc) is 2.72. The van der Waals surface area contributed by atoms with Gasteiger partial charge in [0.25, 0.3) is 0 Å². The summed E-state index contributed by atoms with van der Waals surface area (Å²) in [6.45, 7) is -1.99. The molecule has 0 aromatic carbocycles. The zero-order valence-electron chi connectivity index (χ0n) is 20.1. The molecule has 0 aromatic rings. The molecule has 2 atom stereocenters. The van der Waals surface area contributed by atoms with E-state index in [0.717, 1.165) is 9.80 Å². The van der Waals surface area contributed by atoms with Gasteiger partial charge in [0.2, 0.25) is 0 Å². The Labute approximate surface area is 223 Å². The Morgan fingerprint density at radius 3 is 1.08 bits per heavy atom. The molecule has 0 aliphatic rings. The number of carbonyl (C=O) groups excluding carboxylic acids is 2. The van der Waals surface area contributed by atoms with E-state index in [1.807, 2.05) is 0 Å². The van der Waals surface area contributed by atoms with Gasteiger partial charge in [-0.2, -0.15) is 0 Å². The molecule has 8 N–H and O–H groups in total. The number of nitrogens with two attached hydrogens (primary N) is 2. The molecule has 0 saturated carbocycles. The van der Waals surface area contributed by atoms with E-state index in [1.54, 1.807) is 0 Å². The first-order valence-corrected chi connectivity index (χ1v) is 10.9. The SMILES string of the molecule is NCCCCC(C(=O)O)N(CC(=O)[O-])CC(=O)O.NCCCCC(C(=O)O)N(CC(=O)[O-])CC(=O)O.[Ni+2]. The average molecular weight is 581 g/mol.